The predicted molar refractivity (Wildman–Crippen MR) is 65.6 cm³/mol. The zero-order valence-electron chi connectivity index (χ0n) is 9.91. The van der Waals surface area contributed by atoms with Gasteiger partial charge < -0.3 is 5.11 Å². The van der Waals surface area contributed by atoms with E-state index in [4.69, 9.17) is 5.11 Å². The molecule has 1 aromatic carbocycles. The van der Waals surface area contributed by atoms with E-state index in [-0.39, 0.29) is 0 Å². The van der Waals surface area contributed by atoms with Gasteiger partial charge in [-0.2, -0.15) is 0 Å². The van der Waals surface area contributed by atoms with Gasteiger partial charge in [0.1, 0.15) is 0 Å². The first-order chi connectivity index (χ1) is 7.76. The van der Waals surface area contributed by atoms with Crippen LogP contribution >= 0.6 is 0 Å². The second kappa shape index (κ2) is 4.75. The van der Waals surface area contributed by atoms with Crippen molar-refractivity contribution in [2.45, 2.75) is 19.1 Å². The zero-order valence-corrected chi connectivity index (χ0v) is 10.7. The Bertz CT molecular complexity index is 524. The highest BCUT2D eigenvalue weighted by Crippen LogP contribution is 2.20. The summed E-state index contributed by atoms with van der Waals surface area (Å²) >= 11 is 0. The van der Waals surface area contributed by atoms with Gasteiger partial charge in [-0.15, -0.1) is 0 Å². The molecule has 0 spiro atoms. The SMILES string of the molecule is Cc1cccc(N(C)S(=O)(=O)C(C)C(=O)O)c1. The first-order valence-electron chi connectivity index (χ1n) is 5.04. The summed E-state index contributed by atoms with van der Waals surface area (Å²) in [5.41, 5.74) is 1.37. The summed E-state index contributed by atoms with van der Waals surface area (Å²) in [4.78, 5) is 10.7. The van der Waals surface area contributed by atoms with Crippen molar-refractivity contribution in [3.05, 3.63) is 29.8 Å². The Hall–Kier alpha value is -1.56. The van der Waals surface area contributed by atoms with Gasteiger partial charge in [-0.25, -0.2) is 8.42 Å². The minimum Gasteiger partial charge on any atom is -0.480 e. The van der Waals surface area contributed by atoms with Gasteiger partial charge in [0.2, 0.25) is 10.0 Å². The molecule has 0 aliphatic rings. The van der Waals surface area contributed by atoms with Crippen LogP contribution in [0.4, 0.5) is 5.69 Å². The van der Waals surface area contributed by atoms with Crippen molar-refractivity contribution in [2.75, 3.05) is 11.4 Å². The lowest BCUT2D eigenvalue weighted by Crippen LogP contribution is -2.38. The fourth-order valence-corrected chi connectivity index (χ4v) is 2.47. The molecular formula is C11H15NO4S. The summed E-state index contributed by atoms with van der Waals surface area (Å²) in [6.07, 6.45) is 0. The Morgan fingerprint density at radius 3 is 2.47 bits per heavy atom. The molecule has 0 saturated heterocycles. The molecule has 0 amide bonds. The molecule has 1 unspecified atom stereocenters. The van der Waals surface area contributed by atoms with Crippen molar-refractivity contribution in [3.8, 4) is 0 Å². The lowest BCUT2D eigenvalue weighted by molar-refractivity contribution is -0.136. The molecule has 17 heavy (non-hydrogen) atoms. The standard InChI is InChI=1S/C11H15NO4S/c1-8-5-4-6-10(7-8)12(3)17(15,16)9(2)11(13)14/h4-7,9H,1-3H3,(H,13,14). The summed E-state index contributed by atoms with van der Waals surface area (Å²) in [6, 6.07) is 6.87. The first kappa shape index (κ1) is 13.5. The average molecular weight is 257 g/mol. The number of aliphatic carboxylic acids is 1. The summed E-state index contributed by atoms with van der Waals surface area (Å²) in [7, 11) is -2.52. The molecule has 0 aliphatic carbocycles. The largest absolute Gasteiger partial charge is 0.480 e. The molecule has 5 nitrogen and oxygen atoms in total. The third kappa shape index (κ3) is 2.76. The van der Waals surface area contributed by atoms with Gasteiger partial charge in [0.05, 0.1) is 5.69 Å². The summed E-state index contributed by atoms with van der Waals surface area (Å²) < 4.78 is 24.9. The number of hydrogen-bond acceptors (Lipinski definition) is 3. The first-order valence-corrected chi connectivity index (χ1v) is 6.54. The highest BCUT2D eigenvalue weighted by molar-refractivity contribution is 7.94. The van der Waals surface area contributed by atoms with Gasteiger partial charge in [0.15, 0.2) is 5.25 Å². The van der Waals surface area contributed by atoms with Crippen molar-refractivity contribution in [3.63, 3.8) is 0 Å². The third-order valence-electron chi connectivity index (χ3n) is 2.54. The highest BCUT2D eigenvalue weighted by Gasteiger charge is 2.31. The molecule has 0 aromatic heterocycles. The molecule has 1 N–H and O–H groups in total. The number of aryl methyl sites for hydroxylation is 1. The van der Waals surface area contributed by atoms with E-state index in [9.17, 15) is 13.2 Å². The van der Waals surface area contributed by atoms with E-state index in [1.807, 2.05) is 13.0 Å². The number of nitrogens with zero attached hydrogens (tertiary/aromatic N) is 1. The van der Waals surface area contributed by atoms with Crippen LogP contribution in [0.5, 0.6) is 0 Å². The van der Waals surface area contributed by atoms with Crippen LogP contribution in [-0.4, -0.2) is 31.8 Å². The van der Waals surface area contributed by atoms with E-state index in [0.717, 1.165) is 16.8 Å². The molecule has 0 aliphatic heterocycles. The normalized spacial score (nSPS) is 13.1. The number of carbonyl (C=O) groups is 1. The van der Waals surface area contributed by atoms with Crippen molar-refractivity contribution >= 4 is 21.7 Å². The number of sulfonamides is 1. The highest BCUT2D eigenvalue weighted by atomic mass is 32.2. The van der Waals surface area contributed by atoms with Crippen LogP contribution in [0.3, 0.4) is 0 Å². The molecule has 6 heteroatoms. The molecule has 94 valence electrons. The molecule has 0 heterocycles. The van der Waals surface area contributed by atoms with E-state index in [1.54, 1.807) is 18.2 Å². The number of anilines is 1. The Labute approximate surface area is 101 Å². The van der Waals surface area contributed by atoms with Gasteiger partial charge >= 0.3 is 5.97 Å². The Morgan fingerprint density at radius 2 is 2.00 bits per heavy atom. The van der Waals surface area contributed by atoms with Crippen molar-refractivity contribution in [1.29, 1.82) is 0 Å². The maximum absolute atomic E-state index is 11.9. The maximum Gasteiger partial charge on any atom is 0.323 e. The van der Waals surface area contributed by atoms with Gasteiger partial charge in [-0.3, -0.25) is 9.10 Å². The van der Waals surface area contributed by atoms with E-state index in [0.29, 0.717) is 5.69 Å². The molecule has 0 saturated carbocycles. The van der Waals surface area contributed by atoms with E-state index < -0.39 is 21.2 Å². The van der Waals surface area contributed by atoms with Crippen LogP contribution in [0.15, 0.2) is 24.3 Å². The van der Waals surface area contributed by atoms with Gasteiger partial charge in [0, 0.05) is 7.05 Å². The van der Waals surface area contributed by atoms with E-state index >= 15 is 0 Å². The van der Waals surface area contributed by atoms with E-state index in [2.05, 4.69) is 0 Å². The number of carboxylic acids is 1. The molecule has 0 bridgehead atoms. The number of benzene rings is 1. The Balaban J connectivity index is 3.13. The fourth-order valence-electron chi connectivity index (χ4n) is 1.34. The quantitative estimate of drug-likeness (QED) is 0.880. The smallest absolute Gasteiger partial charge is 0.323 e. The monoisotopic (exact) mass is 257 g/mol. The van der Waals surface area contributed by atoms with Crippen LogP contribution in [0.25, 0.3) is 0 Å². The van der Waals surface area contributed by atoms with Crippen LogP contribution < -0.4 is 4.31 Å². The number of hydrogen-bond donors (Lipinski definition) is 1. The number of carboxylic acid groups (broad SMARTS) is 1. The van der Waals surface area contributed by atoms with E-state index in [1.165, 1.54) is 7.05 Å². The second-order valence-corrected chi connectivity index (χ2v) is 6.12. The van der Waals surface area contributed by atoms with Crippen LogP contribution in [0, 0.1) is 6.92 Å². The van der Waals surface area contributed by atoms with Gasteiger partial charge in [-0.05, 0) is 31.5 Å². The molecule has 0 fully saturated rings. The zero-order chi connectivity index (χ0) is 13.2. The lowest BCUT2D eigenvalue weighted by Gasteiger charge is -2.22. The van der Waals surface area contributed by atoms with Crippen molar-refractivity contribution in [1.82, 2.24) is 0 Å². The molecule has 1 rings (SSSR count). The second-order valence-electron chi connectivity index (χ2n) is 3.83. The lowest BCUT2D eigenvalue weighted by atomic mass is 10.2. The minimum absolute atomic E-state index is 0.457. The maximum atomic E-state index is 11.9. The van der Waals surface area contributed by atoms with Crippen LogP contribution in [-0.2, 0) is 14.8 Å². The summed E-state index contributed by atoms with van der Waals surface area (Å²) in [5.74, 6) is -1.36. The molecule has 1 atom stereocenters. The average Bonchev–Trinajstić information content (AvgIpc) is 2.26. The fraction of sp³-hybridized carbons (Fsp3) is 0.364. The Kier molecular flexibility index (Phi) is 3.77. The Morgan fingerprint density at radius 1 is 1.41 bits per heavy atom. The molecular weight excluding hydrogens is 242 g/mol. The van der Waals surface area contributed by atoms with Crippen LogP contribution in [0.1, 0.15) is 12.5 Å². The predicted octanol–water partition coefficient (Wildman–Crippen LogP) is 1.23. The van der Waals surface area contributed by atoms with Crippen LogP contribution in [0.2, 0.25) is 0 Å². The topological polar surface area (TPSA) is 74.7 Å². The van der Waals surface area contributed by atoms with Crippen molar-refractivity contribution in [2.24, 2.45) is 0 Å². The van der Waals surface area contributed by atoms with Gasteiger partial charge in [0.25, 0.3) is 0 Å². The summed E-state index contributed by atoms with van der Waals surface area (Å²) in [5, 5.41) is 7.30. The number of rotatable bonds is 4. The van der Waals surface area contributed by atoms with Crippen molar-refractivity contribution < 1.29 is 18.3 Å². The third-order valence-corrected chi connectivity index (χ3v) is 4.61. The summed E-state index contributed by atoms with van der Waals surface area (Å²) in [6.45, 7) is 2.99. The molecule has 0 radical (unpaired) electrons. The minimum atomic E-state index is -3.87. The molecule has 1 aromatic rings. The van der Waals surface area contributed by atoms with Gasteiger partial charge in [-0.1, -0.05) is 12.1 Å².